The lowest BCUT2D eigenvalue weighted by atomic mass is 10.1. The van der Waals surface area contributed by atoms with Gasteiger partial charge in [-0.2, -0.15) is 0 Å². The Bertz CT molecular complexity index is 1160. The Labute approximate surface area is 156 Å². The fraction of sp³-hybridized carbons (Fsp3) is 0.190. The van der Waals surface area contributed by atoms with Crippen LogP contribution in [0.5, 0.6) is 11.6 Å². The van der Waals surface area contributed by atoms with Crippen LogP contribution in [-0.4, -0.2) is 25.6 Å². The third kappa shape index (κ3) is 2.99. The summed E-state index contributed by atoms with van der Waals surface area (Å²) in [6.45, 7) is 4.39. The average Bonchev–Trinajstić information content (AvgIpc) is 2.92. The van der Waals surface area contributed by atoms with E-state index in [1.54, 1.807) is 18.6 Å². The Hall–Kier alpha value is -3.41. The molecule has 0 spiro atoms. The molecule has 4 aromatic rings. The lowest BCUT2D eigenvalue weighted by Crippen LogP contribution is -2.07. The lowest BCUT2D eigenvalue weighted by Gasteiger charge is -2.12. The largest absolute Gasteiger partial charge is 0.481 e. The first-order chi connectivity index (χ1) is 13.1. The molecule has 4 rings (SSSR count). The average molecular weight is 361 g/mol. The minimum atomic E-state index is -0.832. The molecule has 6 nitrogen and oxygen atoms in total. The van der Waals surface area contributed by atoms with Gasteiger partial charge < -0.3 is 14.4 Å². The molecule has 0 amide bonds. The van der Waals surface area contributed by atoms with E-state index in [0.717, 1.165) is 32.9 Å². The first kappa shape index (κ1) is 17.0. The summed E-state index contributed by atoms with van der Waals surface area (Å²) < 4.78 is 8.19. The van der Waals surface area contributed by atoms with E-state index < -0.39 is 5.97 Å². The first-order valence-corrected chi connectivity index (χ1v) is 8.73. The monoisotopic (exact) mass is 361 g/mol. The van der Waals surface area contributed by atoms with Gasteiger partial charge in [-0.1, -0.05) is 12.1 Å². The van der Waals surface area contributed by atoms with Gasteiger partial charge in [-0.25, -0.2) is 4.98 Å². The standard InChI is InChI=1S/C21H19N3O3/c1-13-14(2)24(11-8-19(25)26)20-16(13)7-10-23-21(20)27-18-5-3-4-15-12-22-9-6-17(15)18/h3-7,9-10,12H,8,11H2,1-2H3,(H,25,26). The second-order valence-electron chi connectivity index (χ2n) is 6.47. The quantitative estimate of drug-likeness (QED) is 0.567. The number of nitrogens with zero attached hydrogens (tertiary/aromatic N) is 3. The number of carboxylic acids is 1. The van der Waals surface area contributed by atoms with Crippen LogP contribution >= 0.6 is 0 Å². The highest BCUT2D eigenvalue weighted by molar-refractivity contribution is 5.91. The van der Waals surface area contributed by atoms with Crippen molar-refractivity contribution in [2.75, 3.05) is 0 Å². The third-order valence-corrected chi connectivity index (χ3v) is 4.91. The fourth-order valence-corrected chi connectivity index (χ4v) is 3.41. The van der Waals surface area contributed by atoms with Crippen LogP contribution in [0.4, 0.5) is 0 Å². The van der Waals surface area contributed by atoms with Crippen molar-refractivity contribution in [2.45, 2.75) is 26.8 Å². The Kier molecular flexibility index (Phi) is 4.24. The van der Waals surface area contributed by atoms with E-state index in [4.69, 9.17) is 9.84 Å². The predicted molar refractivity (Wildman–Crippen MR) is 103 cm³/mol. The maximum absolute atomic E-state index is 11.1. The normalized spacial score (nSPS) is 11.2. The van der Waals surface area contributed by atoms with Crippen LogP contribution in [0.2, 0.25) is 0 Å². The summed E-state index contributed by atoms with van der Waals surface area (Å²) in [5.41, 5.74) is 2.94. The van der Waals surface area contributed by atoms with Crippen molar-refractivity contribution in [3.8, 4) is 11.6 Å². The number of pyridine rings is 2. The molecule has 6 heteroatoms. The van der Waals surface area contributed by atoms with Crippen molar-refractivity contribution in [3.63, 3.8) is 0 Å². The number of benzene rings is 1. The van der Waals surface area contributed by atoms with Gasteiger partial charge in [0.05, 0.1) is 6.42 Å². The second-order valence-corrected chi connectivity index (χ2v) is 6.47. The molecule has 0 radical (unpaired) electrons. The van der Waals surface area contributed by atoms with Crippen molar-refractivity contribution < 1.29 is 14.6 Å². The number of aromatic nitrogens is 3. The summed E-state index contributed by atoms with van der Waals surface area (Å²) >= 11 is 0. The van der Waals surface area contributed by atoms with Gasteiger partial charge in [0.2, 0.25) is 5.88 Å². The van der Waals surface area contributed by atoms with Crippen LogP contribution in [0.3, 0.4) is 0 Å². The van der Waals surface area contributed by atoms with Crippen molar-refractivity contribution in [1.29, 1.82) is 0 Å². The van der Waals surface area contributed by atoms with E-state index in [1.807, 2.05) is 48.7 Å². The topological polar surface area (TPSA) is 77.2 Å². The molecular formula is C21H19N3O3. The molecule has 136 valence electrons. The highest BCUT2D eigenvalue weighted by Crippen LogP contribution is 2.35. The number of aliphatic carboxylic acids is 1. The van der Waals surface area contributed by atoms with E-state index in [2.05, 4.69) is 9.97 Å². The van der Waals surface area contributed by atoms with Gasteiger partial charge in [0.1, 0.15) is 11.3 Å². The summed E-state index contributed by atoms with van der Waals surface area (Å²) in [6, 6.07) is 9.64. The number of hydrogen-bond acceptors (Lipinski definition) is 4. The van der Waals surface area contributed by atoms with Gasteiger partial charge in [-0.3, -0.25) is 9.78 Å². The Morgan fingerprint density at radius 1 is 1.15 bits per heavy atom. The number of aryl methyl sites for hydroxylation is 2. The van der Waals surface area contributed by atoms with Crippen LogP contribution in [0.1, 0.15) is 17.7 Å². The van der Waals surface area contributed by atoms with E-state index in [0.29, 0.717) is 18.2 Å². The number of carboxylic acid groups (broad SMARTS) is 1. The highest BCUT2D eigenvalue weighted by atomic mass is 16.5. The molecule has 0 saturated carbocycles. The molecule has 0 aliphatic rings. The van der Waals surface area contributed by atoms with Crippen molar-refractivity contribution in [2.24, 2.45) is 0 Å². The summed E-state index contributed by atoms with van der Waals surface area (Å²) in [5, 5.41) is 12.0. The molecule has 0 aliphatic heterocycles. The van der Waals surface area contributed by atoms with E-state index in [-0.39, 0.29) is 6.42 Å². The smallest absolute Gasteiger partial charge is 0.305 e. The molecule has 0 unspecified atom stereocenters. The zero-order chi connectivity index (χ0) is 19.0. The molecule has 1 aromatic carbocycles. The zero-order valence-corrected chi connectivity index (χ0v) is 15.1. The molecule has 1 N–H and O–H groups in total. The number of carbonyl (C=O) groups is 1. The van der Waals surface area contributed by atoms with Crippen LogP contribution < -0.4 is 4.74 Å². The summed E-state index contributed by atoms with van der Waals surface area (Å²) in [5.74, 6) is 0.330. The summed E-state index contributed by atoms with van der Waals surface area (Å²) in [7, 11) is 0. The Morgan fingerprint density at radius 2 is 1.96 bits per heavy atom. The van der Waals surface area contributed by atoms with Crippen molar-refractivity contribution >= 4 is 27.6 Å². The van der Waals surface area contributed by atoms with Crippen LogP contribution in [0.15, 0.2) is 48.9 Å². The van der Waals surface area contributed by atoms with Crippen molar-refractivity contribution in [3.05, 3.63) is 60.2 Å². The van der Waals surface area contributed by atoms with Gasteiger partial charge in [-0.15, -0.1) is 0 Å². The molecule has 0 saturated heterocycles. The molecule has 3 heterocycles. The van der Waals surface area contributed by atoms with Gasteiger partial charge in [-0.05, 0) is 37.6 Å². The maximum atomic E-state index is 11.1. The van der Waals surface area contributed by atoms with Gasteiger partial charge in [0.15, 0.2) is 0 Å². The number of hydrogen-bond donors (Lipinski definition) is 1. The number of rotatable bonds is 5. The minimum absolute atomic E-state index is 0.0400. The molecule has 3 aromatic heterocycles. The van der Waals surface area contributed by atoms with Crippen molar-refractivity contribution in [1.82, 2.24) is 14.5 Å². The van der Waals surface area contributed by atoms with Gasteiger partial charge in [0, 0.05) is 47.0 Å². The molecular weight excluding hydrogens is 342 g/mol. The third-order valence-electron chi connectivity index (χ3n) is 4.91. The molecule has 0 fully saturated rings. The zero-order valence-electron chi connectivity index (χ0n) is 15.1. The Balaban J connectivity index is 1.86. The van der Waals surface area contributed by atoms with Gasteiger partial charge >= 0.3 is 5.97 Å². The molecule has 0 bridgehead atoms. The first-order valence-electron chi connectivity index (χ1n) is 8.73. The van der Waals surface area contributed by atoms with E-state index in [9.17, 15) is 4.79 Å². The lowest BCUT2D eigenvalue weighted by molar-refractivity contribution is -0.137. The maximum Gasteiger partial charge on any atom is 0.305 e. The van der Waals surface area contributed by atoms with Gasteiger partial charge in [0.25, 0.3) is 0 Å². The number of ether oxygens (including phenoxy) is 1. The molecule has 0 atom stereocenters. The molecule has 27 heavy (non-hydrogen) atoms. The highest BCUT2D eigenvalue weighted by Gasteiger charge is 2.18. The minimum Gasteiger partial charge on any atom is -0.481 e. The fourth-order valence-electron chi connectivity index (χ4n) is 3.41. The Morgan fingerprint density at radius 3 is 2.78 bits per heavy atom. The SMILES string of the molecule is Cc1c(C)n(CCC(=O)O)c2c(Oc3cccc4cnccc34)nccc12. The summed E-state index contributed by atoms with van der Waals surface area (Å²) in [4.78, 5) is 19.7. The van der Waals surface area contributed by atoms with Crippen LogP contribution in [0, 0.1) is 13.8 Å². The second kappa shape index (κ2) is 6.72. The molecule has 0 aliphatic carbocycles. The number of fused-ring (bicyclic) bond motifs is 2. The van der Waals surface area contributed by atoms with E-state index in [1.165, 1.54) is 0 Å². The van der Waals surface area contributed by atoms with E-state index >= 15 is 0 Å². The van der Waals surface area contributed by atoms with Crippen LogP contribution in [-0.2, 0) is 11.3 Å². The summed E-state index contributed by atoms with van der Waals surface area (Å²) in [6.07, 6.45) is 5.28. The van der Waals surface area contributed by atoms with Crippen LogP contribution in [0.25, 0.3) is 21.7 Å². The predicted octanol–water partition coefficient (Wildman–Crippen LogP) is 4.47.